The van der Waals surface area contributed by atoms with Gasteiger partial charge in [-0.15, -0.1) is 0 Å². The standard InChI is InChI=1S/C22H18F5N5O2S/c23-13-3-5-15(6-4-13)35(34)32-7-1-2-19(32)21(33)31-9-14-8-16(17(24)10-28-14)18-11-30-20(12-29-18)22(25,26)27/h3-6,8,10-12,19H,1-2,7,9H2,(H,31,33). The summed E-state index contributed by atoms with van der Waals surface area (Å²) < 4.78 is 79.9. The van der Waals surface area contributed by atoms with E-state index in [9.17, 15) is 31.0 Å². The Morgan fingerprint density at radius 3 is 2.49 bits per heavy atom. The fraction of sp³-hybridized carbons (Fsp3) is 0.273. The van der Waals surface area contributed by atoms with Crippen LogP contribution in [-0.4, -0.2) is 42.0 Å². The second kappa shape index (κ2) is 10.1. The Hall–Kier alpha value is -3.32. The van der Waals surface area contributed by atoms with Crippen molar-refractivity contribution in [3.05, 3.63) is 71.9 Å². The molecule has 2 unspecified atom stereocenters. The average Bonchev–Trinajstić information content (AvgIpc) is 3.33. The van der Waals surface area contributed by atoms with E-state index in [2.05, 4.69) is 20.3 Å². The molecule has 2 atom stereocenters. The van der Waals surface area contributed by atoms with E-state index in [4.69, 9.17) is 0 Å². The third-order valence-electron chi connectivity index (χ3n) is 5.31. The number of hydrogen-bond donors (Lipinski definition) is 1. The minimum Gasteiger partial charge on any atom is -0.349 e. The van der Waals surface area contributed by atoms with Gasteiger partial charge >= 0.3 is 6.18 Å². The number of pyridine rings is 1. The molecule has 3 aromatic rings. The summed E-state index contributed by atoms with van der Waals surface area (Å²) in [6.45, 7) is 0.307. The first kappa shape index (κ1) is 24.8. The van der Waals surface area contributed by atoms with E-state index in [1.807, 2.05) is 0 Å². The highest BCUT2D eigenvalue weighted by Crippen LogP contribution is 2.28. The van der Waals surface area contributed by atoms with Crippen molar-refractivity contribution in [1.82, 2.24) is 24.6 Å². The van der Waals surface area contributed by atoms with Crippen molar-refractivity contribution in [2.45, 2.75) is 36.5 Å². The van der Waals surface area contributed by atoms with Crippen molar-refractivity contribution in [3.8, 4) is 11.3 Å². The van der Waals surface area contributed by atoms with Gasteiger partial charge < -0.3 is 5.32 Å². The summed E-state index contributed by atoms with van der Waals surface area (Å²) >= 11 is 0. The second-order valence-corrected chi connectivity index (χ2v) is 9.10. The fourth-order valence-electron chi connectivity index (χ4n) is 3.57. The quantitative estimate of drug-likeness (QED) is 0.511. The summed E-state index contributed by atoms with van der Waals surface area (Å²) in [5.74, 6) is -1.69. The largest absolute Gasteiger partial charge is 0.434 e. The molecule has 184 valence electrons. The Kier molecular flexibility index (Phi) is 7.17. The van der Waals surface area contributed by atoms with Crippen LogP contribution >= 0.6 is 0 Å². The van der Waals surface area contributed by atoms with Crippen molar-refractivity contribution in [2.24, 2.45) is 0 Å². The van der Waals surface area contributed by atoms with E-state index in [0.29, 0.717) is 30.5 Å². The van der Waals surface area contributed by atoms with Gasteiger partial charge in [0.2, 0.25) is 5.91 Å². The number of amides is 1. The Morgan fingerprint density at radius 2 is 1.83 bits per heavy atom. The average molecular weight is 511 g/mol. The van der Waals surface area contributed by atoms with E-state index in [1.165, 1.54) is 34.6 Å². The fourth-order valence-corrected chi connectivity index (χ4v) is 4.94. The SMILES string of the molecule is O=C(NCc1cc(-c2cnc(C(F)(F)F)cn2)c(F)cn1)C1CCCN1S(=O)c1ccc(F)cc1. The van der Waals surface area contributed by atoms with Crippen molar-refractivity contribution in [1.29, 1.82) is 0 Å². The molecule has 0 radical (unpaired) electrons. The van der Waals surface area contributed by atoms with Gasteiger partial charge in [-0.25, -0.2) is 22.3 Å². The van der Waals surface area contributed by atoms with Gasteiger partial charge in [0.1, 0.15) is 22.8 Å². The molecule has 0 bridgehead atoms. The zero-order valence-corrected chi connectivity index (χ0v) is 18.7. The normalized spacial score (nSPS) is 17.3. The Balaban J connectivity index is 1.44. The van der Waals surface area contributed by atoms with Crippen LogP contribution in [0.1, 0.15) is 24.2 Å². The van der Waals surface area contributed by atoms with Crippen LogP contribution in [0.3, 0.4) is 0 Å². The molecule has 1 saturated heterocycles. The summed E-state index contributed by atoms with van der Waals surface area (Å²) in [4.78, 5) is 24.0. The zero-order valence-electron chi connectivity index (χ0n) is 17.9. The minimum atomic E-state index is -4.67. The second-order valence-electron chi connectivity index (χ2n) is 7.66. The molecule has 4 rings (SSSR count). The maximum atomic E-state index is 14.3. The third kappa shape index (κ3) is 5.68. The van der Waals surface area contributed by atoms with E-state index >= 15 is 0 Å². The zero-order chi connectivity index (χ0) is 25.2. The predicted octanol–water partition coefficient (Wildman–Crippen LogP) is 3.64. The predicted molar refractivity (Wildman–Crippen MR) is 115 cm³/mol. The first-order valence-electron chi connectivity index (χ1n) is 10.4. The number of alkyl halides is 3. The van der Waals surface area contributed by atoms with E-state index in [-0.39, 0.29) is 23.5 Å². The van der Waals surface area contributed by atoms with Gasteiger partial charge in [-0.3, -0.25) is 14.8 Å². The third-order valence-corrected chi connectivity index (χ3v) is 6.85. The van der Waals surface area contributed by atoms with Crippen molar-refractivity contribution >= 4 is 16.9 Å². The molecule has 1 N–H and O–H groups in total. The van der Waals surface area contributed by atoms with Gasteiger partial charge in [0.05, 0.1) is 41.4 Å². The van der Waals surface area contributed by atoms with Crippen LogP contribution in [0.25, 0.3) is 11.3 Å². The highest BCUT2D eigenvalue weighted by Gasteiger charge is 2.35. The minimum absolute atomic E-state index is 0.103. The number of halogens is 5. The molecule has 1 fully saturated rings. The van der Waals surface area contributed by atoms with Crippen molar-refractivity contribution < 1.29 is 31.0 Å². The van der Waals surface area contributed by atoms with Crippen LogP contribution < -0.4 is 5.32 Å². The molecule has 2 aromatic heterocycles. The molecule has 0 spiro atoms. The molecule has 1 aliphatic heterocycles. The molecule has 1 aromatic carbocycles. The lowest BCUT2D eigenvalue weighted by Gasteiger charge is -2.22. The van der Waals surface area contributed by atoms with Gasteiger partial charge in [-0.2, -0.15) is 13.2 Å². The van der Waals surface area contributed by atoms with Crippen LogP contribution in [0, 0.1) is 11.6 Å². The van der Waals surface area contributed by atoms with Crippen molar-refractivity contribution in [2.75, 3.05) is 6.54 Å². The van der Waals surface area contributed by atoms with Crippen LogP contribution in [0.5, 0.6) is 0 Å². The topological polar surface area (TPSA) is 88.1 Å². The molecule has 3 heterocycles. The van der Waals surface area contributed by atoms with Crippen LogP contribution in [0.4, 0.5) is 22.0 Å². The van der Waals surface area contributed by atoms with Gasteiger partial charge in [-0.05, 0) is 43.2 Å². The summed E-state index contributed by atoms with van der Waals surface area (Å²) in [7, 11) is -1.66. The molecule has 0 aliphatic carbocycles. The maximum Gasteiger partial charge on any atom is 0.434 e. The summed E-state index contributed by atoms with van der Waals surface area (Å²) in [6.07, 6.45) is -1.39. The van der Waals surface area contributed by atoms with E-state index in [1.54, 1.807) is 0 Å². The Morgan fingerprint density at radius 1 is 1.09 bits per heavy atom. The number of nitrogens with zero attached hydrogens (tertiary/aromatic N) is 4. The molecule has 1 aliphatic rings. The highest BCUT2D eigenvalue weighted by molar-refractivity contribution is 7.82. The maximum absolute atomic E-state index is 14.3. The molecule has 35 heavy (non-hydrogen) atoms. The first-order valence-corrected chi connectivity index (χ1v) is 11.5. The van der Waals surface area contributed by atoms with Gasteiger partial charge in [0, 0.05) is 12.1 Å². The molecular formula is C22H18F5N5O2S. The van der Waals surface area contributed by atoms with Crippen LogP contribution in [0.15, 0.2) is 53.8 Å². The number of nitrogens with one attached hydrogen (secondary N) is 1. The van der Waals surface area contributed by atoms with Crippen molar-refractivity contribution in [3.63, 3.8) is 0 Å². The number of benzene rings is 1. The van der Waals surface area contributed by atoms with Gasteiger partial charge in [0.15, 0.2) is 11.5 Å². The summed E-state index contributed by atoms with van der Waals surface area (Å²) in [6, 6.07) is 5.74. The molecular weight excluding hydrogens is 493 g/mol. The Labute approximate surface area is 199 Å². The number of rotatable bonds is 6. The van der Waals surface area contributed by atoms with Gasteiger partial charge in [0.25, 0.3) is 0 Å². The Bertz CT molecular complexity index is 1240. The van der Waals surface area contributed by atoms with Crippen LogP contribution in [-0.2, 0) is 28.5 Å². The monoisotopic (exact) mass is 511 g/mol. The molecule has 7 nitrogen and oxygen atoms in total. The lowest BCUT2D eigenvalue weighted by atomic mass is 10.1. The number of hydrogen-bond acceptors (Lipinski definition) is 5. The summed E-state index contributed by atoms with van der Waals surface area (Å²) in [5.41, 5.74) is -1.21. The molecule has 0 saturated carbocycles. The smallest absolute Gasteiger partial charge is 0.349 e. The highest BCUT2D eigenvalue weighted by atomic mass is 32.2. The number of carbonyl (C=O) groups is 1. The van der Waals surface area contributed by atoms with E-state index in [0.717, 1.165) is 12.4 Å². The van der Waals surface area contributed by atoms with E-state index < -0.39 is 46.4 Å². The summed E-state index contributed by atoms with van der Waals surface area (Å²) in [5, 5.41) is 2.67. The van der Waals surface area contributed by atoms with Gasteiger partial charge in [-0.1, -0.05) is 0 Å². The molecule has 1 amide bonds. The van der Waals surface area contributed by atoms with Crippen LogP contribution in [0.2, 0.25) is 0 Å². The first-order chi connectivity index (χ1) is 16.6. The lowest BCUT2D eigenvalue weighted by molar-refractivity contribution is -0.141. The lowest BCUT2D eigenvalue weighted by Crippen LogP contribution is -2.43. The molecule has 13 heteroatoms. The number of carbonyl (C=O) groups excluding carboxylic acids is 1. The number of aromatic nitrogens is 3.